The normalized spacial score (nSPS) is 11.2. The molecule has 0 aromatic heterocycles. The lowest BCUT2D eigenvalue weighted by Gasteiger charge is -2.24. The molecule has 0 fully saturated rings. The van der Waals surface area contributed by atoms with Gasteiger partial charge in [-0.05, 0) is 12.2 Å². The van der Waals surface area contributed by atoms with Crippen LogP contribution in [0.25, 0.3) is 0 Å². The molecule has 0 saturated carbocycles. The van der Waals surface area contributed by atoms with Crippen LogP contribution in [0.2, 0.25) is 5.31 Å². The van der Waals surface area contributed by atoms with E-state index in [4.69, 9.17) is 7.85 Å². The van der Waals surface area contributed by atoms with Gasteiger partial charge in [0.05, 0.1) is 14.3 Å². The highest BCUT2D eigenvalue weighted by Crippen LogP contribution is 2.32. The lowest BCUT2D eigenvalue weighted by atomic mass is 9.61. The molecule has 0 spiro atoms. The van der Waals surface area contributed by atoms with Crippen molar-refractivity contribution in [3.05, 3.63) is 0 Å². The molecule has 0 bridgehead atoms. The van der Waals surface area contributed by atoms with Gasteiger partial charge < -0.3 is 0 Å². The monoisotopic (exact) mass is 166 g/mol. The van der Waals surface area contributed by atoms with Crippen LogP contribution in [0.5, 0.6) is 0 Å². The summed E-state index contributed by atoms with van der Waals surface area (Å²) in [7, 11) is 5.79. The van der Waals surface area contributed by atoms with Gasteiger partial charge >= 0.3 is 0 Å². The fourth-order valence-electron chi connectivity index (χ4n) is 1.05. The van der Waals surface area contributed by atoms with Crippen molar-refractivity contribution in [2.45, 2.75) is 45.3 Å². The highest BCUT2D eigenvalue weighted by Gasteiger charge is 2.28. The molecule has 0 rings (SSSR count). The van der Waals surface area contributed by atoms with Crippen LogP contribution in [0.15, 0.2) is 0 Å². The second-order valence-electron chi connectivity index (χ2n) is 3.17. The van der Waals surface area contributed by atoms with Crippen LogP contribution >= 0.6 is 0 Å². The average Bonchev–Trinajstić information content (AvgIpc) is 2.02. The zero-order valence-corrected chi connectivity index (χ0v) is 8.02. The Kier molecular flexibility index (Phi) is 4.22. The SMILES string of the molecule is [B]C(CC)(CC)C(=O)CC(C)=O. The summed E-state index contributed by atoms with van der Waals surface area (Å²) in [6.45, 7) is 5.13. The van der Waals surface area contributed by atoms with E-state index in [0.717, 1.165) is 0 Å². The third-order valence-corrected chi connectivity index (χ3v) is 2.23. The van der Waals surface area contributed by atoms with Crippen LogP contribution in [0.3, 0.4) is 0 Å². The average molecular weight is 166 g/mol. The predicted molar refractivity (Wildman–Crippen MR) is 49.3 cm³/mol. The zero-order valence-electron chi connectivity index (χ0n) is 8.02. The Balaban J connectivity index is 4.32. The Morgan fingerprint density at radius 3 is 1.92 bits per heavy atom. The van der Waals surface area contributed by atoms with Gasteiger partial charge in [-0.1, -0.05) is 26.7 Å². The fraction of sp³-hybridized carbons (Fsp3) is 0.778. The third kappa shape index (κ3) is 2.80. The molecule has 0 N–H and O–H groups in total. The quantitative estimate of drug-likeness (QED) is 0.459. The van der Waals surface area contributed by atoms with E-state index in [1.165, 1.54) is 6.92 Å². The molecule has 0 saturated heterocycles. The lowest BCUT2D eigenvalue weighted by Crippen LogP contribution is -2.24. The molecule has 2 nitrogen and oxygen atoms in total. The Bertz CT molecular complexity index is 183. The minimum absolute atomic E-state index is 0.0296. The molecule has 0 aromatic rings. The van der Waals surface area contributed by atoms with Gasteiger partial charge in [0.2, 0.25) is 0 Å². The number of rotatable bonds is 5. The van der Waals surface area contributed by atoms with Crippen LogP contribution in [-0.2, 0) is 9.59 Å². The molecule has 0 aliphatic carbocycles. The lowest BCUT2D eigenvalue weighted by molar-refractivity contribution is -0.127. The first-order valence-electron chi connectivity index (χ1n) is 4.28. The number of carbonyl (C=O) groups is 2. The molecule has 3 heteroatoms. The summed E-state index contributed by atoms with van der Waals surface area (Å²) >= 11 is 0. The maximum atomic E-state index is 11.4. The number of hydrogen-bond acceptors (Lipinski definition) is 2. The molecular weight excluding hydrogens is 151 g/mol. The zero-order chi connectivity index (χ0) is 9.78. The van der Waals surface area contributed by atoms with Crippen molar-refractivity contribution >= 4 is 19.4 Å². The summed E-state index contributed by atoms with van der Waals surface area (Å²) in [6.07, 6.45) is 1.16. The molecule has 0 atom stereocenters. The Labute approximate surface area is 75.1 Å². The summed E-state index contributed by atoms with van der Waals surface area (Å²) in [5.74, 6) is -0.253. The second kappa shape index (κ2) is 4.44. The minimum Gasteiger partial charge on any atom is -0.300 e. The standard InChI is InChI=1S/C9H15BO2/c1-4-9(10,5-2)8(12)6-7(3)11/h4-6H2,1-3H3. The van der Waals surface area contributed by atoms with E-state index in [0.29, 0.717) is 12.8 Å². The van der Waals surface area contributed by atoms with E-state index in [1.807, 2.05) is 13.8 Å². The largest absolute Gasteiger partial charge is 0.300 e. The Hall–Kier alpha value is -0.595. The summed E-state index contributed by atoms with van der Waals surface area (Å²) in [4.78, 5) is 22.0. The van der Waals surface area contributed by atoms with Gasteiger partial charge in [-0.3, -0.25) is 9.59 Å². The van der Waals surface area contributed by atoms with Crippen molar-refractivity contribution in [2.75, 3.05) is 0 Å². The van der Waals surface area contributed by atoms with Crippen molar-refractivity contribution in [1.82, 2.24) is 0 Å². The van der Waals surface area contributed by atoms with Crippen LogP contribution in [0.1, 0.15) is 40.0 Å². The molecule has 0 aliphatic heterocycles. The van der Waals surface area contributed by atoms with Crippen LogP contribution in [0, 0.1) is 0 Å². The molecule has 0 amide bonds. The van der Waals surface area contributed by atoms with Crippen LogP contribution in [0.4, 0.5) is 0 Å². The van der Waals surface area contributed by atoms with Gasteiger partial charge in [0, 0.05) is 0 Å². The number of ketones is 2. The predicted octanol–water partition coefficient (Wildman–Crippen LogP) is 1.68. The molecule has 0 aliphatic rings. The van der Waals surface area contributed by atoms with Gasteiger partial charge in [0.25, 0.3) is 0 Å². The third-order valence-electron chi connectivity index (χ3n) is 2.23. The van der Waals surface area contributed by atoms with E-state index in [1.54, 1.807) is 0 Å². The van der Waals surface area contributed by atoms with Crippen molar-refractivity contribution in [3.63, 3.8) is 0 Å². The first-order chi connectivity index (χ1) is 5.46. The van der Waals surface area contributed by atoms with E-state index < -0.39 is 5.31 Å². The van der Waals surface area contributed by atoms with Gasteiger partial charge in [-0.2, -0.15) is 0 Å². The van der Waals surface area contributed by atoms with E-state index >= 15 is 0 Å². The summed E-state index contributed by atoms with van der Waals surface area (Å²) in [5, 5.41) is -0.786. The first-order valence-corrected chi connectivity index (χ1v) is 4.28. The molecule has 0 heterocycles. The van der Waals surface area contributed by atoms with Crippen LogP contribution in [-0.4, -0.2) is 19.4 Å². The number of carbonyl (C=O) groups excluding carboxylic acids is 2. The van der Waals surface area contributed by atoms with Gasteiger partial charge in [-0.15, -0.1) is 0 Å². The number of Topliss-reactive ketones (excluding diaryl/α,β-unsaturated/α-hetero) is 2. The maximum Gasteiger partial charge on any atom is 0.137 e. The van der Waals surface area contributed by atoms with E-state index in [9.17, 15) is 9.59 Å². The summed E-state index contributed by atoms with van der Waals surface area (Å²) in [5.41, 5.74) is 0. The first kappa shape index (κ1) is 11.4. The summed E-state index contributed by atoms with van der Waals surface area (Å²) in [6, 6.07) is 0. The van der Waals surface area contributed by atoms with Crippen molar-refractivity contribution in [1.29, 1.82) is 0 Å². The second-order valence-corrected chi connectivity index (χ2v) is 3.17. The number of hydrogen-bond donors (Lipinski definition) is 0. The Morgan fingerprint density at radius 1 is 1.25 bits per heavy atom. The van der Waals surface area contributed by atoms with Crippen molar-refractivity contribution < 1.29 is 9.59 Å². The molecular formula is C9H15BO2. The van der Waals surface area contributed by atoms with E-state index in [-0.39, 0.29) is 18.0 Å². The maximum absolute atomic E-state index is 11.4. The highest BCUT2D eigenvalue weighted by molar-refractivity contribution is 6.30. The fourth-order valence-corrected chi connectivity index (χ4v) is 1.05. The van der Waals surface area contributed by atoms with Crippen molar-refractivity contribution in [2.24, 2.45) is 0 Å². The smallest absolute Gasteiger partial charge is 0.137 e. The topological polar surface area (TPSA) is 34.1 Å². The highest BCUT2D eigenvalue weighted by atomic mass is 16.1. The van der Waals surface area contributed by atoms with E-state index in [2.05, 4.69) is 0 Å². The summed E-state index contributed by atoms with van der Waals surface area (Å²) < 4.78 is 0. The van der Waals surface area contributed by atoms with Gasteiger partial charge in [-0.25, -0.2) is 0 Å². The molecule has 0 unspecified atom stereocenters. The molecule has 66 valence electrons. The minimum atomic E-state index is -0.786. The van der Waals surface area contributed by atoms with Gasteiger partial charge in [0.15, 0.2) is 0 Å². The molecule has 0 aromatic carbocycles. The Morgan fingerprint density at radius 2 is 1.67 bits per heavy atom. The van der Waals surface area contributed by atoms with Crippen LogP contribution < -0.4 is 0 Å². The van der Waals surface area contributed by atoms with Gasteiger partial charge in [0.1, 0.15) is 11.6 Å². The molecule has 12 heavy (non-hydrogen) atoms. The molecule has 2 radical (unpaired) electrons. The van der Waals surface area contributed by atoms with Crippen molar-refractivity contribution in [3.8, 4) is 0 Å².